The van der Waals surface area contributed by atoms with Gasteiger partial charge in [0.05, 0.1) is 7.11 Å². The molecule has 0 atom stereocenters. The van der Waals surface area contributed by atoms with Crippen molar-refractivity contribution in [2.45, 2.75) is 13.8 Å². The van der Waals surface area contributed by atoms with E-state index < -0.39 is 11.9 Å². The average Bonchev–Trinajstić information content (AvgIpc) is 2.72. The topological polar surface area (TPSA) is 61.8 Å². The van der Waals surface area contributed by atoms with Gasteiger partial charge in [0.1, 0.15) is 17.2 Å². The first kappa shape index (κ1) is 18.2. The molecule has 0 fully saturated rings. The third-order valence-corrected chi connectivity index (χ3v) is 5.37. The molecule has 0 amide bonds. The lowest BCUT2D eigenvalue weighted by molar-refractivity contribution is -0.132. The Labute approximate surface area is 172 Å². The lowest BCUT2D eigenvalue weighted by atomic mass is 9.89. The van der Waals surface area contributed by atoms with Crippen LogP contribution in [0.15, 0.2) is 54.6 Å². The van der Waals surface area contributed by atoms with Crippen molar-refractivity contribution in [2.75, 3.05) is 7.11 Å². The molecular formula is C25H18O5. The van der Waals surface area contributed by atoms with E-state index in [-0.39, 0.29) is 0 Å². The molecule has 0 aliphatic rings. The highest BCUT2D eigenvalue weighted by atomic mass is 16.5. The standard InChI is InChI=1S/C25H18O5/c1-13(26)29-21-12-22(30-14(2)27)19-10-11-20-23-16(8-9-18(21)24(19)23)15-6-4-5-7-17(15)25(20)28-3/h4-12H,1-3H3. The molecule has 0 aliphatic heterocycles. The van der Waals surface area contributed by atoms with Crippen molar-refractivity contribution in [3.05, 3.63) is 54.6 Å². The van der Waals surface area contributed by atoms with Crippen molar-refractivity contribution in [2.24, 2.45) is 0 Å². The quantitative estimate of drug-likeness (QED) is 0.171. The van der Waals surface area contributed by atoms with Crippen LogP contribution in [0.25, 0.3) is 43.1 Å². The Morgan fingerprint density at radius 3 is 1.70 bits per heavy atom. The second kappa shape index (κ2) is 6.59. The first-order chi connectivity index (χ1) is 14.5. The van der Waals surface area contributed by atoms with Gasteiger partial charge in [-0.15, -0.1) is 0 Å². The SMILES string of the molecule is COc1c2ccccc2c2ccc3c(OC(C)=O)cc(OC(C)=O)c4ccc1c2c43. The summed E-state index contributed by atoms with van der Waals surface area (Å²) in [5, 5.41) is 7.45. The fourth-order valence-corrected chi connectivity index (χ4v) is 4.35. The largest absolute Gasteiger partial charge is 0.495 e. The number of methoxy groups -OCH3 is 1. The van der Waals surface area contributed by atoms with Crippen molar-refractivity contribution in [3.63, 3.8) is 0 Å². The highest BCUT2D eigenvalue weighted by Crippen LogP contribution is 2.48. The Hall–Kier alpha value is -3.86. The molecule has 0 saturated carbocycles. The molecule has 0 bridgehead atoms. The number of hydrogen-bond donors (Lipinski definition) is 0. The van der Waals surface area contributed by atoms with E-state index in [2.05, 4.69) is 6.07 Å². The Bertz CT molecular complexity index is 1450. The van der Waals surface area contributed by atoms with Crippen molar-refractivity contribution < 1.29 is 23.8 Å². The molecule has 0 unspecified atom stereocenters. The van der Waals surface area contributed by atoms with Gasteiger partial charge in [-0.3, -0.25) is 9.59 Å². The van der Waals surface area contributed by atoms with Crippen LogP contribution in [0.2, 0.25) is 0 Å². The predicted octanol–water partition coefficient (Wildman–Crippen LogP) is 5.60. The number of ether oxygens (including phenoxy) is 3. The summed E-state index contributed by atoms with van der Waals surface area (Å²) in [7, 11) is 1.66. The molecule has 5 heteroatoms. The Kier molecular flexibility index (Phi) is 4.00. The normalized spacial score (nSPS) is 11.4. The lowest BCUT2D eigenvalue weighted by Gasteiger charge is -2.19. The van der Waals surface area contributed by atoms with Crippen LogP contribution in [0, 0.1) is 0 Å². The van der Waals surface area contributed by atoms with Gasteiger partial charge in [0.25, 0.3) is 0 Å². The number of carbonyl (C=O) groups is 2. The first-order valence-corrected chi connectivity index (χ1v) is 9.56. The third-order valence-electron chi connectivity index (χ3n) is 5.37. The summed E-state index contributed by atoms with van der Waals surface area (Å²) in [6.07, 6.45) is 0. The van der Waals surface area contributed by atoms with Crippen molar-refractivity contribution in [1.29, 1.82) is 0 Å². The van der Waals surface area contributed by atoms with Gasteiger partial charge in [-0.2, -0.15) is 0 Å². The minimum atomic E-state index is -0.443. The fraction of sp³-hybridized carbons (Fsp3) is 0.120. The van der Waals surface area contributed by atoms with Crippen LogP contribution < -0.4 is 14.2 Å². The molecule has 5 aromatic carbocycles. The van der Waals surface area contributed by atoms with Crippen molar-refractivity contribution in [1.82, 2.24) is 0 Å². The zero-order valence-electron chi connectivity index (χ0n) is 16.7. The lowest BCUT2D eigenvalue weighted by Crippen LogP contribution is -2.05. The molecular weight excluding hydrogens is 380 g/mol. The summed E-state index contributed by atoms with van der Waals surface area (Å²) in [5.41, 5.74) is 0. The number of benzene rings is 5. The molecule has 0 aromatic heterocycles. The van der Waals surface area contributed by atoms with Crippen LogP contribution in [-0.4, -0.2) is 19.0 Å². The molecule has 0 spiro atoms. The van der Waals surface area contributed by atoms with Gasteiger partial charge >= 0.3 is 11.9 Å². The van der Waals surface area contributed by atoms with E-state index in [1.165, 1.54) is 13.8 Å². The van der Waals surface area contributed by atoms with Gasteiger partial charge in [-0.1, -0.05) is 30.3 Å². The van der Waals surface area contributed by atoms with E-state index in [1.54, 1.807) is 13.2 Å². The predicted molar refractivity (Wildman–Crippen MR) is 117 cm³/mol. The zero-order chi connectivity index (χ0) is 21.0. The first-order valence-electron chi connectivity index (χ1n) is 9.56. The summed E-state index contributed by atoms with van der Waals surface area (Å²) >= 11 is 0. The molecule has 5 nitrogen and oxygen atoms in total. The Morgan fingerprint density at radius 1 is 0.633 bits per heavy atom. The smallest absolute Gasteiger partial charge is 0.308 e. The maximum Gasteiger partial charge on any atom is 0.308 e. The van der Waals surface area contributed by atoms with Gasteiger partial charge in [-0.05, 0) is 29.0 Å². The van der Waals surface area contributed by atoms with E-state index >= 15 is 0 Å². The zero-order valence-corrected chi connectivity index (χ0v) is 16.7. The third kappa shape index (κ3) is 2.55. The monoisotopic (exact) mass is 398 g/mol. The van der Waals surface area contributed by atoms with Gasteiger partial charge in [0.15, 0.2) is 0 Å². The number of hydrogen-bond acceptors (Lipinski definition) is 5. The van der Waals surface area contributed by atoms with Crippen LogP contribution in [0.1, 0.15) is 13.8 Å². The van der Waals surface area contributed by atoms with E-state index in [0.29, 0.717) is 11.5 Å². The highest BCUT2D eigenvalue weighted by molar-refractivity contribution is 6.32. The van der Waals surface area contributed by atoms with Gasteiger partial charge in [0, 0.05) is 52.2 Å². The van der Waals surface area contributed by atoms with E-state index in [0.717, 1.165) is 48.8 Å². The number of carbonyl (C=O) groups excluding carboxylic acids is 2. The second-order valence-corrected chi connectivity index (χ2v) is 7.21. The van der Waals surface area contributed by atoms with Gasteiger partial charge in [-0.25, -0.2) is 0 Å². The van der Waals surface area contributed by atoms with Crippen LogP contribution in [0.5, 0.6) is 17.2 Å². The Balaban J connectivity index is 2.05. The minimum Gasteiger partial charge on any atom is -0.495 e. The molecule has 5 rings (SSSR count). The van der Waals surface area contributed by atoms with E-state index in [4.69, 9.17) is 14.2 Å². The summed E-state index contributed by atoms with van der Waals surface area (Å²) in [5.74, 6) is 0.601. The molecule has 30 heavy (non-hydrogen) atoms. The molecule has 0 aliphatic carbocycles. The summed E-state index contributed by atoms with van der Waals surface area (Å²) in [6.45, 7) is 2.69. The summed E-state index contributed by atoms with van der Waals surface area (Å²) in [4.78, 5) is 23.5. The highest BCUT2D eigenvalue weighted by Gasteiger charge is 2.21. The molecule has 0 saturated heterocycles. The van der Waals surface area contributed by atoms with Crippen LogP contribution >= 0.6 is 0 Å². The molecule has 0 radical (unpaired) electrons. The van der Waals surface area contributed by atoms with Crippen LogP contribution in [0.3, 0.4) is 0 Å². The van der Waals surface area contributed by atoms with Crippen LogP contribution in [-0.2, 0) is 9.59 Å². The molecule has 148 valence electrons. The maximum atomic E-state index is 11.7. The number of rotatable bonds is 3. The molecule has 0 N–H and O–H groups in total. The summed E-state index contributed by atoms with van der Waals surface area (Å²) < 4.78 is 16.8. The van der Waals surface area contributed by atoms with Crippen molar-refractivity contribution >= 4 is 55.0 Å². The molecule has 0 heterocycles. The van der Waals surface area contributed by atoms with Crippen LogP contribution in [0.4, 0.5) is 0 Å². The molecule has 5 aromatic rings. The minimum absolute atomic E-state index is 0.354. The number of esters is 2. The number of fused-ring (bicyclic) bond motifs is 2. The fourth-order valence-electron chi connectivity index (χ4n) is 4.35. The Morgan fingerprint density at radius 2 is 1.13 bits per heavy atom. The van der Waals surface area contributed by atoms with E-state index in [1.807, 2.05) is 42.5 Å². The van der Waals surface area contributed by atoms with Gasteiger partial charge in [0.2, 0.25) is 0 Å². The van der Waals surface area contributed by atoms with E-state index in [9.17, 15) is 9.59 Å². The second-order valence-electron chi connectivity index (χ2n) is 7.21. The summed E-state index contributed by atoms with van der Waals surface area (Å²) in [6, 6.07) is 17.5. The van der Waals surface area contributed by atoms with Gasteiger partial charge < -0.3 is 14.2 Å². The average molecular weight is 398 g/mol. The van der Waals surface area contributed by atoms with Crippen molar-refractivity contribution in [3.8, 4) is 17.2 Å². The maximum absolute atomic E-state index is 11.7.